The lowest BCUT2D eigenvalue weighted by atomic mass is 9.91. The lowest BCUT2D eigenvalue weighted by Gasteiger charge is -2.30. The highest BCUT2D eigenvalue weighted by Gasteiger charge is 2.28. The van der Waals surface area contributed by atoms with Gasteiger partial charge in [-0.2, -0.15) is 0 Å². The van der Waals surface area contributed by atoms with Crippen molar-refractivity contribution < 1.29 is 13.9 Å². The number of alkyl halides is 1. The Labute approximate surface area is 155 Å². The number of hydrogen-bond donors (Lipinski definition) is 0. The van der Waals surface area contributed by atoms with Gasteiger partial charge in [-0.05, 0) is 46.0 Å². The van der Waals surface area contributed by atoms with Gasteiger partial charge in [0.2, 0.25) is 0 Å². The van der Waals surface area contributed by atoms with Gasteiger partial charge >= 0.3 is 5.97 Å². The van der Waals surface area contributed by atoms with E-state index in [1.807, 2.05) is 6.92 Å². The fraction of sp³-hybridized carbons (Fsp3) is 0.864. The molecule has 0 aromatic rings. The van der Waals surface area contributed by atoms with E-state index >= 15 is 0 Å². The maximum atomic E-state index is 12.2. The van der Waals surface area contributed by atoms with Gasteiger partial charge in [0.15, 0.2) is 0 Å². The fourth-order valence-electron chi connectivity index (χ4n) is 3.12. The van der Waals surface area contributed by atoms with Crippen LogP contribution in [0.15, 0.2) is 12.2 Å². The molecule has 0 spiro atoms. The number of esters is 1. The summed E-state index contributed by atoms with van der Waals surface area (Å²) in [6, 6.07) is 0. The van der Waals surface area contributed by atoms with Gasteiger partial charge in [-0.25, -0.2) is 4.79 Å². The first kappa shape index (κ1) is 24.1. The Balaban J connectivity index is 4.15. The van der Waals surface area contributed by atoms with Crippen LogP contribution in [0.5, 0.6) is 0 Å². The molecular formula is C22H41FO2. The second kappa shape index (κ2) is 15.4. The molecule has 0 bridgehead atoms. The molecule has 0 saturated carbocycles. The largest absolute Gasteiger partial charge is 0.456 e. The maximum Gasteiger partial charge on any atom is 0.333 e. The minimum Gasteiger partial charge on any atom is -0.456 e. The van der Waals surface area contributed by atoms with E-state index in [9.17, 15) is 9.18 Å². The van der Waals surface area contributed by atoms with Crippen molar-refractivity contribution in [3.05, 3.63) is 12.2 Å². The van der Waals surface area contributed by atoms with Crippen molar-refractivity contribution in [2.75, 3.05) is 6.67 Å². The van der Waals surface area contributed by atoms with Crippen LogP contribution in [-0.4, -0.2) is 18.2 Å². The molecule has 0 aromatic carbocycles. The van der Waals surface area contributed by atoms with Crippen molar-refractivity contribution in [1.29, 1.82) is 0 Å². The Morgan fingerprint density at radius 3 is 1.76 bits per heavy atom. The molecule has 1 unspecified atom stereocenters. The molecule has 0 aliphatic carbocycles. The molecule has 0 heterocycles. The van der Waals surface area contributed by atoms with Crippen molar-refractivity contribution in [2.24, 2.45) is 0 Å². The first-order valence-corrected chi connectivity index (χ1v) is 10.4. The molecule has 0 rings (SSSR count). The van der Waals surface area contributed by atoms with Gasteiger partial charge in [-0.15, -0.1) is 0 Å². The molecule has 0 N–H and O–H groups in total. The Hall–Kier alpha value is -0.860. The highest BCUT2D eigenvalue weighted by molar-refractivity contribution is 5.87. The van der Waals surface area contributed by atoms with Crippen molar-refractivity contribution in [1.82, 2.24) is 0 Å². The van der Waals surface area contributed by atoms with Gasteiger partial charge in [-0.1, -0.05) is 71.3 Å². The van der Waals surface area contributed by atoms with Crippen LogP contribution in [-0.2, 0) is 9.53 Å². The first-order valence-electron chi connectivity index (χ1n) is 10.4. The van der Waals surface area contributed by atoms with Crippen LogP contribution < -0.4 is 0 Å². The van der Waals surface area contributed by atoms with Crippen LogP contribution in [0.2, 0.25) is 0 Å². The van der Waals surface area contributed by atoms with Crippen molar-refractivity contribution >= 4 is 5.97 Å². The zero-order valence-electron chi connectivity index (χ0n) is 17.0. The van der Waals surface area contributed by atoms with E-state index in [1.165, 1.54) is 44.9 Å². The van der Waals surface area contributed by atoms with E-state index in [4.69, 9.17) is 4.74 Å². The van der Waals surface area contributed by atoms with Crippen molar-refractivity contribution in [3.8, 4) is 0 Å². The SMILES string of the molecule is C=C(C)C(=O)OC(C)(CCCCCCF)CCCCCCCCCC. The highest BCUT2D eigenvalue weighted by Crippen LogP contribution is 2.27. The zero-order valence-corrected chi connectivity index (χ0v) is 17.0. The molecule has 3 heteroatoms. The quantitative estimate of drug-likeness (QED) is 0.155. The summed E-state index contributed by atoms with van der Waals surface area (Å²) in [6.45, 7) is 9.43. The monoisotopic (exact) mass is 356 g/mol. The van der Waals surface area contributed by atoms with E-state index in [1.54, 1.807) is 6.92 Å². The fourth-order valence-corrected chi connectivity index (χ4v) is 3.12. The van der Waals surface area contributed by atoms with Crippen LogP contribution in [0, 0.1) is 0 Å². The van der Waals surface area contributed by atoms with Gasteiger partial charge in [0.05, 0.1) is 6.67 Å². The first-order chi connectivity index (χ1) is 11.9. The normalized spacial score (nSPS) is 13.4. The molecule has 0 aromatic heterocycles. The van der Waals surface area contributed by atoms with Crippen LogP contribution in [0.25, 0.3) is 0 Å². The summed E-state index contributed by atoms with van der Waals surface area (Å²) in [6.07, 6.45) is 15.5. The topological polar surface area (TPSA) is 26.3 Å². The van der Waals surface area contributed by atoms with Crippen LogP contribution >= 0.6 is 0 Å². The predicted octanol–water partition coefficient (Wildman–Crippen LogP) is 7.32. The molecule has 0 saturated heterocycles. The predicted molar refractivity (Wildman–Crippen MR) is 106 cm³/mol. The van der Waals surface area contributed by atoms with E-state index < -0.39 is 5.60 Å². The zero-order chi connectivity index (χ0) is 19.0. The van der Waals surface area contributed by atoms with Gasteiger partial charge in [-0.3, -0.25) is 4.39 Å². The summed E-state index contributed by atoms with van der Waals surface area (Å²) in [7, 11) is 0. The number of rotatable bonds is 17. The molecule has 0 radical (unpaired) electrons. The third kappa shape index (κ3) is 14.0. The molecule has 1 atom stereocenters. The molecule has 0 aliphatic rings. The second-order valence-electron chi connectivity index (χ2n) is 7.70. The summed E-state index contributed by atoms with van der Waals surface area (Å²) >= 11 is 0. The average molecular weight is 357 g/mol. The van der Waals surface area contributed by atoms with Gasteiger partial charge < -0.3 is 4.74 Å². The lowest BCUT2D eigenvalue weighted by Crippen LogP contribution is -2.32. The number of ether oxygens (including phenoxy) is 1. The Morgan fingerprint density at radius 1 is 0.880 bits per heavy atom. The molecule has 148 valence electrons. The van der Waals surface area contributed by atoms with Crippen LogP contribution in [0.4, 0.5) is 4.39 Å². The summed E-state index contributed by atoms with van der Waals surface area (Å²) < 4.78 is 17.9. The molecule has 2 nitrogen and oxygen atoms in total. The molecule has 0 fully saturated rings. The lowest BCUT2D eigenvalue weighted by molar-refractivity contribution is -0.154. The van der Waals surface area contributed by atoms with E-state index in [0.717, 1.165) is 38.5 Å². The van der Waals surface area contributed by atoms with E-state index in [2.05, 4.69) is 13.5 Å². The maximum absolute atomic E-state index is 12.2. The third-order valence-corrected chi connectivity index (χ3v) is 4.84. The van der Waals surface area contributed by atoms with Crippen LogP contribution in [0.1, 0.15) is 111 Å². The minimum atomic E-state index is -0.409. The smallest absolute Gasteiger partial charge is 0.333 e. The third-order valence-electron chi connectivity index (χ3n) is 4.84. The number of carbonyl (C=O) groups excluding carboxylic acids is 1. The number of hydrogen-bond acceptors (Lipinski definition) is 2. The number of unbranched alkanes of at least 4 members (excludes halogenated alkanes) is 10. The van der Waals surface area contributed by atoms with Crippen molar-refractivity contribution in [3.63, 3.8) is 0 Å². The van der Waals surface area contributed by atoms with Gasteiger partial charge in [0, 0.05) is 5.57 Å². The molecule has 25 heavy (non-hydrogen) atoms. The summed E-state index contributed by atoms with van der Waals surface area (Å²) in [5.74, 6) is -0.286. The summed E-state index contributed by atoms with van der Waals surface area (Å²) in [5.41, 5.74) is 0.0492. The summed E-state index contributed by atoms with van der Waals surface area (Å²) in [5, 5.41) is 0. The highest BCUT2D eigenvalue weighted by atomic mass is 19.1. The molecular weight excluding hydrogens is 315 g/mol. The van der Waals surface area contributed by atoms with E-state index in [0.29, 0.717) is 12.0 Å². The number of halogens is 1. The molecule has 0 amide bonds. The Kier molecular flexibility index (Phi) is 14.9. The standard InChI is InChI=1S/C22H41FO2/c1-5-6-7-8-9-10-11-14-17-22(4,25-21(24)20(2)3)18-15-12-13-16-19-23/h2,5-19H2,1,3-4H3. The Morgan fingerprint density at radius 2 is 1.32 bits per heavy atom. The van der Waals surface area contributed by atoms with Crippen molar-refractivity contribution in [2.45, 2.75) is 116 Å². The van der Waals surface area contributed by atoms with E-state index in [-0.39, 0.29) is 12.6 Å². The summed E-state index contributed by atoms with van der Waals surface area (Å²) in [4.78, 5) is 12.0. The minimum absolute atomic E-state index is 0.236. The molecule has 0 aliphatic heterocycles. The van der Waals surface area contributed by atoms with Gasteiger partial charge in [0.25, 0.3) is 0 Å². The average Bonchev–Trinajstić information content (AvgIpc) is 2.57. The Bertz CT molecular complexity index is 354. The number of carbonyl (C=O) groups is 1. The van der Waals surface area contributed by atoms with Crippen LogP contribution in [0.3, 0.4) is 0 Å². The van der Waals surface area contributed by atoms with Gasteiger partial charge in [0.1, 0.15) is 5.60 Å². The second-order valence-corrected chi connectivity index (χ2v) is 7.70.